The van der Waals surface area contributed by atoms with E-state index in [1.54, 1.807) is 7.11 Å². The molecule has 0 radical (unpaired) electrons. The second kappa shape index (κ2) is 5.52. The van der Waals surface area contributed by atoms with Gasteiger partial charge >= 0.3 is 0 Å². The molecule has 1 aliphatic rings. The maximum Gasteiger partial charge on any atom is 0.118 e. The number of nitrogens with zero attached hydrogens (tertiary/aromatic N) is 1. The van der Waals surface area contributed by atoms with E-state index < -0.39 is 0 Å². The van der Waals surface area contributed by atoms with Crippen LogP contribution in [0.25, 0.3) is 0 Å². The molecule has 2 N–H and O–H groups in total. The first-order valence-electron chi connectivity index (χ1n) is 6.32. The summed E-state index contributed by atoms with van der Waals surface area (Å²) in [5, 5.41) is 0. The molecule has 3 nitrogen and oxygen atoms in total. The van der Waals surface area contributed by atoms with Gasteiger partial charge in [-0.1, -0.05) is 18.6 Å². The predicted molar refractivity (Wildman–Crippen MR) is 70.2 cm³/mol. The van der Waals surface area contributed by atoms with Crippen LogP contribution in [0.4, 0.5) is 0 Å². The molecular weight excluding hydrogens is 212 g/mol. The predicted octanol–water partition coefficient (Wildman–Crippen LogP) is 2.18. The topological polar surface area (TPSA) is 38.5 Å². The van der Waals surface area contributed by atoms with Crippen LogP contribution in [0.3, 0.4) is 0 Å². The third kappa shape index (κ3) is 2.79. The Morgan fingerprint density at radius 3 is 2.59 bits per heavy atom. The zero-order valence-corrected chi connectivity index (χ0v) is 10.7. The van der Waals surface area contributed by atoms with Crippen molar-refractivity contribution in [3.63, 3.8) is 0 Å². The summed E-state index contributed by atoms with van der Waals surface area (Å²) in [6.45, 7) is 1.13. The van der Waals surface area contributed by atoms with E-state index in [2.05, 4.69) is 24.1 Å². The molecule has 0 bridgehead atoms. The fraction of sp³-hybridized carbons (Fsp3) is 0.571. The molecule has 2 atom stereocenters. The number of likely N-dealkylation sites (tertiary alicyclic amines) is 1. The van der Waals surface area contributed by atoms with Crippen LogP contribution in [0.2, 0.25) is 0 Å². The van der Waals surface area contributed by atoms with Gasteiger partial charge in [0.2, 0.25) is 0 Å². The first kappa shape index (κ1) is 12.4. The minimum atomic E-state index is 0.232. The summed E-state index contributed by atoms with van der Waals surface area (Å²) in [5.41, 5.74) is 7.59. The van der Waals surface area contributed by atoms with Crippen molar-refractivity contribution in [3.05, 3.63) is 29.8 Å². The van der Waals surface area contributed by atoms with E-state index >= 15 is 0 Å². The minimum absolute atomic E-state index is 0.232. The highest BCUT2D eigenvalue weighted by Gasteiger charge is 2.26. The number of nitrogens with two attached hydrogens (primary N) is 1. The third-order valence-corrected chi connectivity index (χ3v) is 3.64. The van der Waals surface area contributed by atoms with Crippen LogP contribution in [-0.4, -0.2) is 31.6 Å². The quantitative estimate of drug-likeness (QED) is 0.852. The van der Waals surface area contributed by atoms with Gasteiger partial charge in [-0.3, -0.25) is 4.90 Å². The molecule has 0 amide bonds. The molecule has 1 aromatic carbocycles. The van der Waals surface area contributed by atoms with Crippen LogP contribution in [0.5, 0.6) is 5.75 Å². The highest BCUT2D eigenvalue weighted by atomic mass is 16.5. The van der Waals surface area contributed by atoms with Crippen molar-refractivity contribution in [2.75, 3.05) is 20.7 Å². The molecule has 3 heteroatoms. The molecule has 94 valence electrons. The van der Waals surface area contributed by atoms with Crippen molar-refractivity contribution in [1.29, 1.82) is 0 Å². The van der Waals surface area contributed by atoms with Crippen LogP contribution >= 0.6 is 0 Å². The molecule has 1 aromatic rings. The van der Waals surface area contributed by atoms with E-state index in [0.717, 1.165) is 18.7 Å². The number of benzene rings is 1. The molecule has 0 aliphatic carbocycles. The van der Waals surface area contributed by atoms with Gasteiger partial charge in [0.25, 0.3) is 0 Å². The highest BCUT2D eigenvalue weighted by Crippen LogP contribution is 2.29. The normalized spacial score (nSPS) is 26.5. The van der Waals surface area contributed by atoms with Gasteiger partial charge in [-0.15, -0.1) is 0 Å². The Bertz CT molecular complexity index is 338. The lowest BCUT2D eigenvalue weighted by Crippen LogP contribution is -2.37. The molecule has 2 unspecified atom stereocenters. The van der Waals surface area contributed by atoms with E-state index in [1.165, 1.54) is 18.4 Å². The smallest absolute Gasteiger partial charge is 0.118 e. The molecule has 1 aliphatic heterocycles. The lowest BCUT2D eigenvalue weighted by atomic mass is 9.96. The van der Waals surface area contributed by atoms with Crippen LogP contribution in [0.15, 0.2) is 24.3 Å². The highest BCUT2D eigenvalue weighted by molar-refractivity contribution is 5.30. The van der Waals surface area contributed by atoms with Gasteiger partial charge < -0.3 is 10.5 Å². The van der Waals surface area contributed by atoms with Crippen molar-refractivity contribution in [3.8, 4) is 5.75 Å². The second-order valence-electron chi connectivity index (χ2n) is 4.86. The maximum atomic E-state index is 6.30. The Labute approximate surface area is 104 Å². The molecular formula is C14H22N2O. The average Bonchev–Trinajstić information content (AvgIpc) is 2.51. The van der Waals surface area contributed by atoms with Crippen molar-refractivity contribution in [2.45, 2.75) is 31.3 Å². The molecule has 2 rings (SSSR count). The minimum Gasteiger partial charge on any atom is -0.497 e. The Balaban J connectivity index is 2.22. The fourth-order valence-electron chi connectivity index (χ4n) is 2.67. The molecule has 0 aromatic heterocycles. The summed E-state index contributed by atoms with van der Waals surface area (Å²) in [7, 11) is 3.86. The molecule has 1 fully saturated rings. The zero-order chi connectivity index (χ0) is 12.3. The lowest BCUT2D eigenvalue weighted by molar-refractivity contribution is 0.230. The van der Waals surface area contributed by atoms with Gasteiger partial charge in [0.15, 0.2) is 0 Å². The number of hydrogen-bond acceptors (Lipinski definition) is 3. The maximum absolute atomic E-state index is 6.30. The number of rotatable bonds is 2. The molecule has 1 saturated heterocycles. The SMILES string of the molecule is COc1ccc(C2C(N)CCCCN2C)cc1. The third-order valence-electron chi connectivity index (χ3n) is 3.64. The van der Waals surface area contributed by atoms with Gasteiger partial charge in [-0.2, -0.15) is 0 Å². The van der Waals surface area contributed by atoms with E-state index in [-0.39, 0.29) is 6.04 Å². The van der Waals surface area contributed by atoms with Gasteiger partial charge in [-0.05, 0) is 44.1 Å². The van der Waals surface area contributed by atoms with Crippen LogP contribution in [0.1, 0.15) is 30.9 Å². The summed E-state index contributed by atoms with van der Waals surface area (Å²) in [5.74, 6) is 0.901. The number of methoxy groups -OCH3 is 1. The average molecular weight is 234 g/mol. The lowest BCUT2D eigenvalue weighted by Gasteiger charge is -2.30. The number of hydrogen-bond donors (Lipinski definition) is 1. The molecule has 1 heterocycles. The Morgan fingerprint density at radius 1 is 1.24 bits per heavy atom. The second-order valence-corrected chi connectivity index (χ2v) is 4.86. The van der Waals surface area contributed by atoms with E-state index in [1.807, 2.05) is 12.1 Å². The van der Waals surface area contributed by atoms with Crippen molar-refractivity contribution < 1.29 is 4.74 Å². The van der Waals surface area contributed by atoms with Crippen LogP contribution in [0, 0.1) is 0 Å². The first-order valence-corrected chi connectivity index (χ1v) is 6.32. The first-order chi connectivity index (χ1) is 8.22. The van der Waals surface area contributed by atoms with Gasteiger partial charge in [0, 0.05) is 12.1 Å². The van der Waals surface area contributed by atoms with Crippen molar-refractivity contribution in [1.82, 2.24) is 4.90 Å². The Kier molecular flexibility index (Phi) is 4.02. The number of likely N-dealkylation sites (N-methyl/N-ethyl adjacent to an activating group) is 1. The van der Waals surface area contributed by atoms with Crippen LogP contribution in [-0.2, 0) is 0 Å². The Morgan fingerprint density at radius 2 is 1.94 bits per heavy atom. The van der Waals surface area contributed by atoms with Crippen molar-refractivity contribution >= 4 is 0 Å². The molecule has 0 saturated carbocycles. The summed E-state index contributed by atoms with van der Waals surface area (Å²) in [6.07, 6.45) is 3.59. The number of ether oxygens (including phenoxy) is 1. The van der Waals surface area contributed by atoms with Crippen LogP contribution < -0.4 is 10.5 Å². The molecule has 17 heavy (non-hydrogen) atoms. The fourth-order valence-corrected chi connectivity index (χ4v) is 2.67. The zero-order valence-electron chi connectivity index (χ0n) is 10.7. The summed E-state index contributed by atoms with van der Waals surface area (Å²) < 4.78 is 5.19. The Hall–Kier alpha value is -1.06. The van der Waals surface area contributed by atoms with Gasteiger partial charge in [0.05, 0.1) is 7.11 Å². The molecule has 0 spiro atoms. The standard InChI is InChI=1S/C14H22N2O/c1-16-10-4-3-5-13(15)14(16)11-6-8-12(17-2)9-7-11/h6-9,13-14H,3-5,10,15H2,1-2H3. The van der Waals surface area contributed by atoms with Gasteiger partial charge in [-0.25, -0.2) is 0 Å². The summed E-state index contributed by atoms with van der Waals surface area (Å²) >= 11 is 0. The summed E-state index contributed by atoms with van der Waals surface area (Å²) in [4.78, 5) is 2.37. The van der Waals surface area contributed by atoms with Crippen molar-refractivity contribution in [2.24, 2.45) is 5.73 Å². The largest absolute Gasteiger partial charge is 0.497 e. The van der Waals surface area contributed by atoms with E-state index in [4.69, 9.17) is 10.5 Å². The van der Waals surface area contributed by atoms with E-state index in [9.17, 15) is 0 Å². The summed E-state index contributed by atoms with van der Waals surface area (Å²) in [6, 6.07) is 8.86. The van der Waals surface area contributed by atoms with E-state index in [0.29, 0.717) is 6.04 Å². The van der Waals surface area contributed by atoms with Gasteiger partial charge in [0.1, 0.15) is 5.75 Å². The monoisotopic (exact) mass is 234 g/mol.